The third-order valence-electron chi connectivity index (χ3n) is 4.90. The van der Waals surface area contributed by atoms with Crippen molar-refractivity contribution in [3.05, 3.63) is 75.0 Å². The third kappa shape index (κ3) is 2.46. The first-order valence-corrected chi connectivity index (χ1v) is 8.18. The second-order valence-electron chi connectivity index (χ2n) is 6.31. The summed E-state index contributed by atoms with van der Waals surface area (Å²) < 4.78 is 0. The Kier molecular flexibility index (Phi) is 3.53. The van der Waals surface area contributed by atoms with Gasteiger partial charge in [0.1, 0.15) is 0 Å². The molecule has 0 atom stereocenters. The molecule has 1 aliphatic heterocycles. The lowest BCUT2D eigenvalue weighted by Gasteiger charge is -2.27. The van der Waals surface area contributed by atoms with Gasteiger partial charge in [-0.3, -0.25) is 14.9 Å². The van der Waals surface area contributed by atoms with Crippen LogP contribution < -0.4 is 0 Å². The van der Waals surface area contributed by atoms with Crippen LogP contribution in [0, 0.1) is 17.0 Å². The fraction of sp³-hybridized carbons (Fsp3) is 0.211. The molecule has 0 fully saturated rings. The number of nitro groups is 1. The SMILES string of the molecule is Cc1c(C(=O)N2CCc3[nH]c4ccccc4c3C2)cccc1[N+](=O)[O-]. The number of nitro benzene ring substituents is 1. The molecule has 6 heteroatoms. The molecule has 1 N–H and O–H groups in total. The van der Waals surface area contributed by atoms with Gasteiger partial charge in [0.2, 0.25) is 0 Å². The van der Waals surface area contributed by atoms with E-state index in [1.807, 2.05) is 18.2 Å². The normalized spacial score (nSPS) is 13.7. The Morgan fingerprint density at radius 3 is 2.80 bits per heavy atom. The number of para-hydroxylation sites is 1. The van der Waals surface area contributed by atoms with Gasteiger partial charge in [-0.1, -0.05) is 24.3 Å². The van der Waals surface area contributed by atoms with E-state index in [-0.39, 0.29) is 11.6 Å². The molecule has 0 saturated heterocycles. The molecule has 0 bridgehead atoms. The van der Waals surface area contributed by atoms with Gasteiger partial charge in [-0.2, -0.15) is 0 Å². The fourth-order valence-electron chi connectivity index (χ4n) is 3.56. The van der Waals surface area contributed by atoms with E-state index < -0.39 is 4.92 Å². The van der Waals surface area contributed by atoms with E-state index in [1.54, 1.807) is 24.0 Å². The third-order valence-corrected chi connectivity index (χ3v) is 4.90. The first-order chi connectivity index (χ1) is 12.1. The van der Waals surface area contributed by atoms with Crippen molar-refractivity contribution >= 4 is 22.5 Å². The number of nitrogens with one attached hydrogen (secondary N) is 1. The molecule has 2 aromatic carbocycles. The van der Waals surface area contributed by atoms with Crippen LogP contribution in [0.25, 0.3) is 10.9 Å². The molecule has 1 amide bonds. The van der Waals surface area contributed by atoms with Crippen molar-refractivity contribution in [2.24, 2.45) is 0 Å². The summed E-state index contributed by atoms with van der Waals surface area (Å²) in [5, 5.41) is 12.3. The monoisotopic (exact) mass is 335 g/mol. The molecule has 3 aromatic rings. The summed E-state index contributed by atoms with van der Waals surface area (Å²) in [5.74, 6) is -0.155. The molecule has 1 aliphatic rings. The van der Waals surface area contributed by atoms with Gasteiger partial charge in [0.25, 0.3) is 11.6 Å². The van der Waals surface area contributed by atoms with Crippen molar-refractivity contribution in [1.82, 2.24) is 9.88 Å². The lowest BCUT2D eigenvalue weighted by Crippen LogP contribution is -2.36. The largest absolute Gasteiger partial charge is 0.358 e. The van der Waals surface area contributed by atoms with Gasteiger partial charge in [0, 0.05) is 58.9 Å². The van der Waals surface area contributed by atoms with Gasteiger partial charge in [-0.15, -0.1) is 0 Å². The quantitative estimate of drug-likeness (QED) is 0.574. The minimum absolute atomic E-state index is 0.0179. The highest BCUT2D eigenvalue weighted by molar-refractivity contribution is 5.97. The van der Waals surface area contributed by atoms with Crippen LogP contribution in [0.2, 0.25) is 0 Å². The predicted molar refractivity (Wildman–Crippen MR) is 94.6 cm³/mol. The Balaban J connectivity index is 1.69. The number of benzene rings is 2. The first kappa shape index (κ1) is 15.4. The lowest BCUT2D eigenvalue weighted by atomic mass is 10.0. The summed E-state index contributed by atoms with van der Waals surface area (Å²) in [7, 11) is 0. The van der Waals surface area contributed by atoms with E-state index in [1.165, 1.54) is 11.8 Å². The van der Waals surface area contributed by atoms with Gasteiger partial charge < -0.3 is 9.88 Å². The van der Waals surface area contributed by atoms with Crippen LogP contribution in [-0.2, 0) is 13.0 Å². The van der Waals surface area contributed by atoms with E-state index in [2.05, 4.69) is 11.1 Å². The number of carbonyl (C=O) groups is 1. The second-order valence-corrected chi connectivity index (χ2v) is 6.31. The minimum atomic E-state index is -0.444. The van der Waals surface area contributed by atoms with E-state index in [0.29, 0.717) is 24.2 Å². The highest BCUT2D eigenvalue weighted by Crippen LogP contribution is 2.29. The van der Waals surface area contributed by atoms with Crippen LogP contribution in [-0.4, -0.2) is 27.3 Å². The standard InChI is InChI=1S/C19H17N3O3/c1-12-13(6-4-8-18(12)22(24)25)19(23)21-10-9-17-15(11-21)14-5-2-3-7-16(14)20-17/h2-8,20H,9-11H2,1H3. The summed E-state index contributed by atoms with van der Waals surface area (Å²) in [4.78, 5) is 28.8. The molecule has 4 rings (SSSR count). The van der Waals surface area contributed by atoms with Gasteiger partial charge in [0.15, 0.2) is 0 Å². The van der Waals surface area contributed by atoms with E-state index in [9.17, 15) is 14.9 Å². The van der Waals surface area contributed by atoms with Crippen molar-refractivity contribution < 1.29 is 9.72 Å². The zero-order valence-electron chi connectivity index (χ0n) is 13.8. The Bertz CT molecular complexity index is 1010. The molecular weight excluding hydrogens is 318 g/mol. The topological polar surface area (TPSA) is 79.2 Å². The Labute approximate surface area is 144 Å². The number of carbonyl (C=O) groups excluding carboxylic acids is 1. The number of nitrogens with zero attached hydrogens (tertiary/aromatic N) is 2. The van der Waals surface area contributed by atoms with Crippen molar-refractivity contribution in [2.75, 3.05) is 6.54 Å². The molecule has 6 nitrogen and oxygen atoms in total. The van der Waals surface area contributed by atoms with Gasteiger partial charge in [-0.25, -0.2) is 0 Å². The molecule has 2 heterocycles. The molecule has 0 aliphatic carbocycles. The van der Waals surface area contributed by atoms with Crippen molar-refractivity contribution in [1.29, 1.82) is 0 Å². The highest BCUT2D eigenvalue weighted by atomic mass is 16.6. The number of aromatic amines is 1. The summed E-state index contributed by atoms with van der Waals surface area (Å²) >= 11 is 0. The average Bonchev–Trinajstić information content (AvgIpc) is 2.99. The van der Waals surface area contributed by atoms with Crippen molar-refractivity contribution in [3.63, 3.8) is 0 Å². The molecule has 25 heavy (non-hydrogen) atoms. The zero-order valence-corrected chi connectivity index (χ0v) is 13.8. The average molecular weight is 335 g/mol. The van der Waals surface area contributed by atoms with Crippen molar-refractivity contribution in [3.8, 4) is 0 Å². The Morgan fingerprint density at radius 1 is 1.20 bits per heavy atom. The molecule has 0 radical (unpaired) electrons. The second kappa shape index (κ2) is 5.73. The predicted octanol–water partition coefficient (Wildman–Crippen LogP) is 3.58. The molecule has 0 spiro atoms. The number of amides is 1. The Hall–Kier alpha value is -3.15. The number of rotatable bonds is 2. The number of hydrogen-bond acceptors (Lipinski definition) is 3. The van der Waals surface area contributed by atoms with Gasteiger partial charge in [0.05, 0.1) is 4.92 Å². The summed E-state index contributed by atoms with van der Waals surface area (Å²) in [6, 6.07) is 12.7. The van der Waals surface area contributed by atoms with E-state index >= 15 is 0 Å². The van der Waals surface area contributed by atoms with Crippen molar-refractivity contribution in [2.45, 2.75) is 19.9 Å². The summed E-state index contributed by atoms with van der Waals surface area (Å²) in [5.41, 5.74) is 4.18. The van der Waals surface area contributed by atoms with Gasteiger partial charge in [-0.05, 0) is 19.1 Å². The molecule has 126 valence electrons. The number of hydrogen-bond donors (Lipinski definition) is 1. The zero-order chi connectivity index (χ0) is 17.6. The number of H-pyrrole nitrogens is 1. The maximum absolute atomic E-state index is 13.0. The van der Waals surface area contributed by atoms with Gasteiger partial charge >= 0.3 is 0 Å². The van der Waals surface area contributed by atoms with E-state index in [0.717, 1.165) is 22.9 Å². The van der Waals surface area contributed by atoms with Crippen LogP contribution in [0.4, 0.5) is 5.69 Å². The number of fused-ring (bicyclic) bond motifs is 3. The minimum Gasteiger partial charge on any atom is -0.358 e. The molecule has 1 aromatic heterocycles. The lowest BCUT2D eigenvalue weighted by molar-refractivity contribution is -0.385. The summed E-state index contributed by atoms with van der Waals surface area (Å²) in [6.07, 6.45) is 0.754. The Morgan fingerprint density at radius 2 is 2.00 bits per heavy atom. The van der Waals surface area contributed by atoms with E-state index in [4.69, 9.17) is 0 Å². The maximum atomic E-state index is 13.0. The number of aromatic nitrogens is 1. The van der Waals surface area contributed by atoms with Crippen LogP contribution >= 0.6 is 0 Å². The highest BCUT2D eigenvalue weighted by Gasteiger charge is 2.27. The smallest absolute Gasteiger partial charge is 0.273 e. The van der Waals surface area contributed by atoms with Crippen LogP contribution in [0.3, 0.4) is 0 Å². The molecule has 0 unspecified atom stereocenters. The fourth-order valence-corrected chi connectivity index (χ4v) is 3.56. The maximum Gasteiger partial charge on any atom is 0.273 e. The molecular formula is C19H17N3O3. The first-order valence-electron chi connectivity index (χ1n) is 8.18. The molecule has 0 saturated carbocycles. The summed E-state index contributed by atoms with van der Waals surface area (Å²) in [6.45, 7) is 2.74. The van der Waals surface area contributed by atoms with Crippen LogP contribution in [0.1, 0.15) is 27.2 Å². The van der Waals surface area contributed by atoms with Crippen LogP contribution in [0.15, 0.2) is 42.5 Å². The van der Waals surface area contributed by atoms with Crippen LogP contribution in [0.5, 0.6) is 0 Å².